The number of halogens is 4. The fourth-order valence-corrected chi connectivity index (χ4v) is 20.2. The molecule has 2 amide bonds. The van der Waals surface area contributed by atoms with Gasteiger partial charge in [0.2, 0.25) is 30.1 Å². The number of alkyl carbamates (subject to hydrolysis) is 2. The quantitative estimate of drug-likeness (QED) is 0.0223. The Morgan fingerprint density at radius 3 is 1.26 bits per heavy atom. The number of ether oxygens (including phenoxy) is 4. The molecule has 111 heavy (non-hydrogen) atoms. The van der Waals surface area contributed by atoms with Crippen LogP contribution in [0.1, 0.15) is 170 Å². The van der Waals surface area contributed by atoms with Gasteiger partial charge in [0.15, 0.2) is 12.2 Å². The van der Waals surface area contributed by atoms with Crippen molar-refractivity contribution in [2.45, 2.75) is 174 Å². The van der Waals surface area contributed by atoms with Crippen LogP contribution in [0, 0.1) is 0 Å². The van der Waals surface area contributed by atoms with Crippen LogP contribution in [0.25, 0.3) is 10.4 Å². The summed E-state index contributed by atoms with van der Waals surface area (Å²) in [5.74, 6) is -4.04. The fourth-order valence-electron chi connectivity index (χ4n) is 10.9. The maximum Gasteiger partial charge on any atom is 0.496 e. The smallest absolute Gasteiger partial charge is 0.478 e. The number of hydrogen-bond donors (Lipinski definition) is 10. The van der Waals surface area contributed by atoms with Crippen LogP contribution in [0.15, 0.2) is 118 Å². The standard InChI is InChI=1S/C22H27N3O7S2.C15H22BNO6S.C13H17BrN2O3S.C9H10BrNO4S.C7H4BrClO4S.C2H7N/c1-2-24-34(29,30)19-9-14(21(26)27)5-8-17(19)18-10-23-20(33-18)13-3-6-15(7-4-13)25-22(28)32-16-11-31-12-16;1-6-17-24(20,21)12-9-10(13(18)19)7-8-11(12)16-22-14(2,3)15(4,5)23-16;14-11-5-15-12(20-11)8-1-3-9(4-2-8)16-13(17)19-10-6-18-7-10;1-2-11-16(14,15)8-5-6(9(12)13)3-4-7(8)10;8-5-2-1-4(7(10)11)3-6(5)14(9,12)13;1-2-3/h5,8-10,13,15-16,24H,2-4,6-7,11-12H2,1H3,(H,25,28)(H,26,27);7-9,17H,6H2,1-5H3,(H,18,19);5,8-10H,1-4,6-7H2,(H,16,17);3-5,11H,2H2,1H3,(H,12,13);1-3H,(H,10,11);2-3H2,1H3. The molecule has 32 nitrogen and oxygen atoms in total. The highest BCUT2D eigenvalue weighted by Crippen LogP contribution is 2.41. The van der Waals surface area contributed by atoms with E-state index in [1.54, 1.807) is 38.3 Å². The summed E-state index contributed by atoms with van der Waals surface area (Å²) in [7, 11) is -11.2. The molecule has 610 valence electrons. The molecule has 0 radical (unpaired) electrons. The van der Waals surface area contributed by atoms with Gasteiger partial charge in [0.1, 0.15) is 0 Å². The maximum atomic E-state index is 12.8. The number of carbonyl (C=O) groups is 6. The lowest BCUT2D eigenvalue weighted by Gasteiger charge is -2.32. The molecule has 11 N–H and O–H groups in total. The molecule has 4 aromatic carbocycles. The third kappa shape index (κ3) is 27.2. The lowest BCUT2D eigenvalue weighted by molar-refractivity contribution is -0.0985. The summed E-state index contributed by atoms with van der Waals surface area (Å²) in [5.41, 5.74) is 3.86. The van der Waals surface area contributed by atoms with E-state index in [1.807, 2.05) is 40.8 Å². The summed E-state index contributed by atoms with van der Waals surface area (Å²) in [6.45, 7) is 17.6. The van der Waals surface area contributed by atoms with Gasteiger partial charge in [-0.2, -0.15) is 0 Å². The summed E-state index contributed by atoms with van der Waals surface area (Å²) in [6, 6.07) is 15.7. The largest absolute Gasteiger partial charge is 0.496 e. The first kappa shape index (κ1) is 93.7. The van der Waals surface area contributed by atoms with E-state index in [0.717, 1.165) is 84.9 Å². The molecule has 0 bridgehead atoms. The van der Waals surface area contributed by atoms with Crippen LogP contribution < -0.4 is 36.0 Å². The molecule has 0 atom stereocenters. The molecule has 11 rings (SSSR count). The Balaban J connectivity index is 0.000000222. The monoisotopic (exact) mass is 1870 g/mol. The van der Waals surface area contributed by atoms with Gasteiger partial charge in [-0.3, -0.25) is 0 Å². The van der Waals surface area contributed by atoms with Gasteiger partial charge in [0, 0.05) is 80.4 Å². The Bertz CT molecular complexity index is 4720. The van der Waals surface area contributed by atoms with Crippen molar-refractivity contribution in [1.82, 2.24) is 34.8 Å². The zero-order valence-corrected chi connectivity index (χ0v) is 71.7. The van der Waals surface area contributed by atoms with Gasteiger partial charge < -0.3 is 65.0 Å². The zero-order chi connectivity index (χ0) is 82.6. The van der Waals surface area contributed by atoms with E-state index in [2.05, 4.69) is 82.6 Å². The number of rotatable bonds is 22. The number of nitrogens with two attached hydrogens (primary N) is 1. The number of nitrogens with one attached hydrogen (secondary N) is 5. The minimum Gasteiger partial charge on any atom is -0.478 e. The van der Waals surface area contributed by atoms with Crippen molar-refractivity contribution in [3.8, 4) is 10.4 Å². The van der Waals surface area contributed by atoms with Crippen LogP contribution in [0.2, 0.25) is 0 Å². The number of sulfonamides is 3. The minimum atomic E-state index is -3.93. The lowest BCUT2D eigenvalue weighted by atomic mass is 9.78. The second-order valence-corrected chi connectivity index (χ2v) is 38.9. The first-order chi connectivity index (χ1) is 52.0. The first-order valence-electron chi connectivity index (χ1n) is 34.5. The zero-order valence-electron chi connectivity index (χ0n) is 61.3. The average molecular weight is 1880 g/mol. The summed E-state index contributed by atoms with van der Waals surface area (Å²) in [5, 5.41) is 43.8. The SMILES string of the molecule is CCN.CCNS(=O)(=O)c1cc(C(=O)O)ccc1-c1cnc(C2CCC(NC(=O)OC3COC3)CC2)s1.CCNS(=O)(=O)c1cc(C(=O)O)ccc1B1OC(C)(C)C(C)(C)O1.CCNS(=O)(=O)c1cc(C(=O)O)ccc1Br.O=C(NC1CCC(c2ncc(Br)s2)CC1)OC1COC1.O=C(O)c1ccc(Br)c(S(=O)(=O)Cl)c1. The number of thiazole rings is 2. The van der Waals surface area contributed by atoms with Crippen LogP contribution in [-0.2, 0) is 67.4 Å². The van der Waals surface area contributed by atoms with Gasteiger partial charge in [0.25, 0.3) is 9.05 Å². The lowest BCUT2D eigenvalue weighted by Crippen LogP contribution is -2.44. The number of aromatic nitrogens is 2. The molecule has 3 aliphatic heterocycles. The molecule has 2 aromatic heterocycles. The number of amides is 2. The van der Waals surface area contributed by atoms with Crippen molar-refractivity contribution in [1.29, 1.82) is 0 Å². The number of benzene rings is 4. The number of carboxylic acid groups (broad SMARTS) is 4. The summed E-state index contributed by atoms with van der Waals surface area (Å²) < 4.78 is 137. The second kappa shape index (κ2) is 41.9. The van der Waals surface area contributed by atoms with Gasteiger partial charge in [-0.1, -0.05) is 39.8 Å². The van der Waals surface area contributed by atoms with Gasteiger partial charge in [-0.15, -0.1) is 22.7 Å². The molecule has 3 saturated heterocycles. The van der Waals surface area contributed by atoms with Crippen molar-refractivity contribution in [3.05, 3.63) is 130 Å². The Hall–Kier alpha value is -6.17. The molecule has 5 heterocycles. The molecule has 2 saturated carbocycles. The average Bonchev–Trinajstić information content (AvgIpc) is 1.62. The Labute approximate surface area is 681 Å². The Morgan fingerprint density at radius 2 is 0.883 bits per heavy atom. The number of carboxylic acids is 4. The van der Waals surface area contributed by atoms with E-state index >= 15 is 0 Å². The van der Waals surface area contributed by atoms with E-state index < -0.39 is 87.4 Å². The molecule has 5 fully saturated rings. The van der Waals surface area contributed by atoms with E-state index in [9.17, 15) is 67.5 Å². The highest BCUT2D eigenvalue weighted by Gasteiger charge is 2.53. The highest BCUT2D eigenvalue weighted by atomic mass is 79.9. The molecule has 5 aliphatic rings. The van der Waals surface area contributed by atoms with Crippen LogP contribution in [-0.4, -0.2) is 195 Å². The van der Waals surface area contributed by atoms with Crippen LogP contribution in [0.3, 0.4) is 0 Å². The van der Waals surface area contributed by atoms with Crippen molar-refractivity contribution in [2.75, 3.05) is 52.6 Å². The number of carbonyl (C=O) groups excluding carboxylic acids is 2. The normalized spacial score (nSPS) is 18.7. The first-order valence-corrected chi connectivity index (χ1v) is 45.2. The molecule has 0 unspecified atom stereocenters. The van der Waals surface area contributed by atoms with Crippen LogP contribution >= 0.6 is 81.1 Å². The topological polar surface area (TPSA) is 487 Å². The minimum absolute atomic E-state index is 0.0459. The summed E-state index contributed by atoms with van der Waals surface area (Å²) in [6.07, 6.45) is 9.94. The Kier molecular flexibility index (Phi) is 35.4. The van der Waals surface area contributed by atoms with E-state index in [0.29, 0.717) is 47.3 Å². The van der Waals surface area contributed by atoms with E-state index in [-0.39, 0.29) is 108 Å². The van der Waals surface area contributed by atoms with Crippen LogP contribution in [0.4, 0.5) is 9.59 Å². The second-order valence-electron chi connectivity index (χ2n) is 26.0. The molecule has 43 heteroatoms. The predicted molar refractivity (Wildman–Crippen MR) is 424 cm³/mol. The van der Waals surface area contributed by atoms with Gasteiger partial charge >= 0.3 is 43.2 Å². The molecule has 6 aromatic rings. The number of nitrogens with zero attached hydrogens (tertiary/aromatic N) is 2. The molecular formula is C68H87BBr3ClN8O24S6. The van der Waals surface area contributed by atoms with Crippen molar-refractivity contribution in [2.24, 2.45) is 5.73 Å². The summed E-state index contributed by atoms with van der Waals surface area (Å²) in [4.78, 5) is 76.6. The predicted octanol–water partition coefficient (Wildman–Crippen LogP) is 10.5. The van der Waals surface area contributed by atoms with Crippen molar-refractivity contribution < 1.29 is 111 Å². The molecular weight excluding hydrogens is 1790 g/mol. The van der Waals surface area contributed by atoms with Crippen molar-refractivity contribution >= 4 is 169 Å². The maximum absolute atomic E-state index is 12.8. The van der Waals surface area contributed by atoms with Gasteiger partial charge in [0.05, 0.1) is 104 Å². The highest BCUT2D eigenvalue weighted by molar-refractivity contribution is 9.11. The van der Waals surface area contributed by atoms with E-state index in [4.69, 9.17) is 60.0 Å². The van der Waals surface area contributed by atoms with Crippen molar-refractivity contribution in [3.63, 3.8) is 0 Å². The number of aromatic carboxylic acids is 4. The fraction of sp³-hybridized carbons (Fsp3) is 0.471. The summed E-state index contributed by atoms with van der Waals surface area (Å²) >= 11 is 12.6. The third-order valence-corrected chi connectivity index (χ3v) is 28.2. The van der Waals surface area contributed by atoms with E-state index in [1.165, 1.54) is 70.9 Å². The molecule has 2 aliphatic carbocycles. The third-order valence-electron chi connectivity index (χ3n) is 17.3. The van der Waals surface area contributed by atoms with Crippen LogP contribution in [0.5, 0.6) is 0 Å². The van der Waals surface area contributed by atoms with Gasteiger partial charge in [-0.05, 0) is 194 Å². The number of hydrogen-bond acceptors (Lipinski definition) is 25. The Morgan fingerprint density at radius 1 is 0.532 bits per heavy atom. The van der Waals surface area contributed by atoms with Gasteiger partial charge in [-0.25, -0.2) is 86.6 Å². The molecule has 0 spiro atoms.